The summed E-state index contributed by atoms with van der Waals surface area (Å²) in [7, 11) is 0. The fraction of sp³-hybridized carbons (Fsp3) is 0.636. The van der Waals surface area contributed by atoms with Gasteiger partial charge in [0, 0.05) is 19.5 Å². The number of piperidine rings is 1. The fourth-order valence-corrected chi connectivity index (χ4v) is 4.83. The number of aliphatic carboxylic acids is 1. The van der Waals surface area contributed by atoms with E-state index in [0.717, 1.165) is 49.8 Å². The Balaban J connectivity index is 1.24. The maximum atomic E-state index is 12.6. The Bertz CT molecular complexity index is 702. The molecule has 1 N–H and O–H groups in total. The van der Waals surface area contributed by atoms with E-state index < -0.39 is 5.97 Å². The van der Waals surface area contributed by atoms with E-state index in [9.17, 15) is 14.7 Å². The first-order chi connectivity index (χ1) is 13.1. The summed E-state index contributed by atoms with van der Waals surface area (Å²) >= 11 is 0. The van der Waals surface area contributed by atoms with Crippen LogP contribution >= 0.6 is 0 Å². The molecule has 1 unspecified atom stereocenters. The van der Waals surface area contributed by atoms with Crippen LogP contribution in [0.2, 0.25) is 0 Å². The number of carbonyl (C=O) groups is 2. The molecule has 2 saturated carbocycles. The van der Waals surface area contributed by atoms with Gasteiger partial charge in [0.15, 0.2) is 0 Å². The van der Waals surface area contributed by atoms with Crippen molar-refractivity contribution in [2.24, 2.45) is 11.3 Å². The number of benzene rings is 1. The molecule has 5 heteroatoms. The van der Waals surface area contributed by atoms with Crippen LogP contribution < -0.4 is 4.74 Å². The third-order valence-corrected chi connectivity index (χ3v) is 6.73. The smallest absolute Gasteiger partial charge is 0.307 e. The highest BCUT2D eigenvalue weighted by molar-refractivity contribution is 5.77. The van der Waals surface area contributed by atoms with Gasteiger partial charge in [-0.15, -0.1) is 0 Å². The Kier molecular flexibility index (Phi) is 5.11. The van der Waals surface area contributed by atoms with Crippen molar-refractivity contribution in [3.63, 3.8) is 0 Å². The average Bonchev–Trinajstić information content (AvgIpc) is 3.12. The first-order valence-corrected chi connectivity index (χ1v) is 10.3. The summed E-state index contributed by atoms with van der Waals surface area (Å²) in [5.41, 5.74) is 1.12. The van der Waals surface area contributed by atoms with Crippen LogP contribution in [0.4, 0.5) is 0 Å². The molecule has 0 aromatic heterocycles. The average molecular weight is 371 g/mol. The molecule has 1 spiro atoms. The lowest BCUT2D eigenvalue weighted by Gasteiger charge is -2.32. The minimum atomic E-state index is -0.672. The number of likely N-dealkylation sites (tertiary alicyclic amines) is 1. The largest absolute Gasteiger partial charge is 0.490 e. The standard InChI is InChI=1S/C22H29NO4/c24-20(23-12-10-22(11-13-23)15-19(22)21(25)26)9-8-16-4-3-7-18(14-16)27-17-5-1-2-6-17/h3-4,7,14,17,19H,1-2,5-6,8-13,15H2,(H,25,26). The molecule has 1 aromatic rings. The molecular weight excluding hydrogens is 342 g/mol. The Morgan fingerprint density at radius 2 is 1.93 bits per heavy atom. The van der Waals surface area contributed by atoms with Crippen LogP contribution in [0, 0.1) is 11.3 Å². The van der Waals surface area contributed by atoms with Gasteiger partial charge in [-0.2, -0.15) is 0 Å². The van der Waals surface area contributed by atoms with Crippen molar-refractivity contribution < 1.29 is 19.4 Å². The van der Waals surface area contributed by atoms with Crippen molar-refractivity contribution >= 4 is 11.9 Å². The molecule has 1 atom stereocenters. The second-order valence-electron chi connectivity index (χ2n) is 8.51. The van der Waals surface area contributed by atoms with Crippen LogP contribution in [0.3, 0.4) is 0 Å². The van der Waals surface area contributed by atoms with Crippen molar-refractivity contribution in [3.05, 3.63) is 29.8 Å². The molecule has 146 valence electrons. The lowest BCUT2D eigenvalue weighted by atomic mass is 9.90. The van der Waals surface area contributed by atoms with Crippen molar-refractivity contribution in [2.75, 3.05) is 13.1 Å². The van der Waals surface area contributed by atoms with Gasteiger partial charge in [-0.05, 0) is 74.5 Å². The van der Waals surface area contributed by atoms with Gasteiger partial charge in [0.1, 0.15) is 5.75 Å². The Morgan fingerprint density at radius 3 is 2.59 bits per heavy atom. The van der Waals surface area contributed by atoms with Crippen LogP contribution in [0.15, 0.2) is 24.3 Å². The lowest BCUT2D eigenvalue weighted by molar-refractivity contribution is -0.139. The SMILES string of the molecule is O=C(O)C1CC12CCN(C(=O)CCc1cccc(OC3CCCC3)c1)CC2. The highest BCUT2D eigenvalue weighted by Gasteiger charge is 2.59. The fourth-order valence-electron chi connectivity index (χ4n) is 4.83. The predicted octanol–water partition coefficient (Wildman–Crippen LogP) is 3.65. The van der Waals surface area contributed by atoms with E-state index in [-0.39, 0.29) is 17.2 Å². The summed E-state index contributed by atoms with van der Waals surface area (Å²) in [6.07, 6.45) is 8.82. The normalized spacial score (nSPS) is 24.1. The van der Waals surface area contributed by atoms with Gasteiger partial charge in [-0.3, -0.25) is 9.59 Å². The zero-order valence-corrected chi connectivity index (χ0v) is 15.9. The van der Waals surface area contributed by atoms with Crippen LogP contribution in [0.5, 0.6) is 5.75 Å². The molecule has 2 aliphatic carbocycles. The third-order valence-electron chi connectivity index (χ3n) is 6.73. The molecule has 1 saturated heterocycles. The molecule has 1 aliphatic heterocycles. The zero-order chi connectivity index (χ0) is 18.9. The number of carboxylic acids is 1. The van der Waals surface area contributed by atoms with Crippen molar-refractivity contribution in [3.8, 4) is 5.75 Å². The van der Waals surface area contributed by atoms with Gasteiger partial charge < -0.3 is 14.7 Å². The molecule has 27 heavy (non-hydrogen) atoms. The van der Waals surface area contributed by atoms with Crippen molar-refractivity contribution in [2.45, 2.75) is 63.9 Å². The van der Waals surface area contributed by atoms with E-state index >= 15 is 0 Å². The molecule has 1 heterocycles. The number of carboxylic acid groups (broad SMARTS) is 1. The van der Waals surface area contributed by atoms with Gasteiger partial charge >= 0.3 is 5.97 Å². The van der Waals surface area contributed by atoms with Gasteiger partial charge in [0.2, 0.25) is 5.91 Å². The predicted molar refractivity (Wildman–Crippen MR) is 102 cm³/mol. The summed E-state index contributed by atoms with van der Waals surface area (Å²) < 4.78 is 6.05. The minimum absolute atomic E-state index is 0.0193. The molecule has 3 aliphatic rings. The van der Waals surface area contributed by atoms with Gasteiger partial charge in [0.05, 0.1) is 12.0 Å². The summed E-state index contributed by atoms with van der Waals surface area (Å²) in [4.78, 5) is 25.6. The number of nitrogens with zero attached hydrogens (tertiary/aromatic N) is 1. The van der Waals surface area contributed by atoms with Gasteiger partial charge in [-0.1, -0.05) is 12.1 Å². The van der Waals surface area contributed by atoms with Crippen LogP contribution in [0.25, 0.3) is 0 Å². The molecule has 1 aromatic carbocycles. The monoisotopic (exact) mass is 371 g/mol. The highest BCUT2D eigenvalue weighted by Crippen LogP contribution is 2.59. The van der Waals surface area contributed by atoms with E-state index in [1.54, 1.807) is 0 Å². The molecule has 5 nitrogen and oxygen atoms in total. The summed E-state index contributed by atoms with van der Waals surface area (Å²) in [6, 6.07) is 8.14. The number of carbonyl (C=O) groups excluding carboxylic acids is 1. The number of amides is 1. The molecule has 0 radical (unpaired) electrons. The van der Waals surface area contributed by atoms with E-state index in [2.05, 4.69) is 12.1 Å². The second kappa shape index (κ2) is 7.53. The Hall–Kier alpha value is -2.04. The summed E-state index contributed by atoms with van der Waals surface area (Å²) in [5.74, 6) is 0.242. The van der Waals surface area contributed by atoms with E-state index in [1.807, 2.05) is 17.0 Å². The molecule has 0 bridgehead atoms. The second-order valence-corrected chi connectivity index (χ2v) is 8.51. The number of ether oxygens (including phenoxy) is 1. The van der Waals surface area contributed by atoms with E-state index in [4.69, 9.17) is 4.74 Å². The van der Waals surface area contributed by atoms with Crippen LogP contribution in [-0.2, 0) is 16.0 Å². The third kappa shape index (κ3) is 4.12. The Labute approximate surface area is 160 Å². The first-order valence-electron chi connectivity index (χ1n) is 10.3. The molecule has 4 rings (SSSR count). The number of hydrogen-bond acceptors (Lipinski definition) is 3. The number of rotatable bonds is 6. The van der Waals surface area contributed by atoms with Crippen LogP contribution in [0.1, 0.15) is 56.9 Å². The molecular formula is C22H29NO4. The Morgan fingerprint density at radius 1 is 1.19 bits per heavy atom. The van der Waals surface area contributed by atoms with Crippen LogP contribution in [-0.4, -0.2) is 41.1 Å². The maximum absolute atomic E-state index is 12.6. The van der Waals surface area contributed by atoms with Gasteiger partial charge in [-0.25, -0.2) is 0 Å². The number of hydrogen-bond donors (Lipinski definition) is 1. The quantitative estimate of drug-likeness (QED) is 0.829. The molecule has 1 amide bonds. The summed E-state index contributed by atoms with van der Waals surface area (Å²) in [5, 5.41) is 9.18. The van der Waals surface area contributed by atoms with Crippen molar-refractivity contribution in [1.82, 2.24) is 4.90 Å². The molecule has 3 fully saturated rings. The lowest BCUT2D eigenvalue weighted by Crippen LogP contribution is -2.40. The highest BCUT2D eigenvalue weighted by atomic mass is 16.5. The summed E-state index contributed by atoms with van der Waals surface area (Å²) in [6.45, 7) is 1.40. The topological polar surface area (TPSA) is 66.8 Å². The van der Waals surface area contributed by atoms with E-state index in [1.165, 1.54) is 12.8 Å². The maximum Gasteiger partial charge on any atom is 0.307 e. The zero-order valence-electron chi connectivity index (χ0n) is 15.9. The van der Waals surface area contributed by atoms with Crippen molar-refractivity contribution in [1.29, 1.82) is 0 Å². The minimum Gasteiger partial charge on any atom is -0.490 e. The number of aryl methyl sites for hydroxylation is 1. The van der Waals surface area contributed by atoms with Gasteiger partial charge in [0.25, 0.3) is 0 Å². The van der Waals surface area contributed by atoms with E-state index in [0.29, 0.717) is 25.6 Å². The first kappa shape index (κ1) is 18.3.